The minimum atomic E-state index is 0.281. The Labute approximate surface area is 156 Å². The number of carbonyl (C=O) groups excluding carboxylic acids is 1. The van der Waals surface area contributed by atoms with Crippen LogP contribution in [-0.2, 0) is 10.2 Å². The van der Waals surface area contributed by atoms with Crippen molar-refractivity contribution in [2.24, 2.45) is 22.7 Å². The number of fused-ring (bicyclic) bond motifs is 1. The van der Waals surface area contributed by atoms with E-state index in [2.05, 4.69) is 41.0 Å². The van der Waals surface area contributed by atoms with Crippen LogP contribution in [0.15, 0.2) is 30.3 Å². The van der Waals surface area contributed by atoms with Gasteiger partial charge in [-0.2, -0.15) is 0 Å². The first-order valence-corrected chi connectivity index (χ1v) is 10.7. The number of piperidine rings is 1. The average Bonchev–Trinajstić information content (AvgIpc) is 3.08. The third kappa shape index (κ3) is 1.81. The molecule has 5 fully saturated rings. The first kappa shape index (κ1) is 15.7. The van der Waals surface area contributed by atoms with E-state index in [1.807, 2.05) is 0 Å². The summed E-state index contributed by atoms with van der Waals surface area (Å²) >= 11 is 0. The zero-order chi connectivity index (χ0) is 17.4. The van der Waals surface area contributed by atoms with Crippen LogP contribution in [0.25, 0.3) is 0 Å². The van der Waals surface area contributed by atoms with Crippen LogP contribution < -0.4 is 10.6 Å². The first-order chi connectivity index (χ1) is 12.7. The second-order valence-electron chi connectivity index (χ2n) is 10.1. The van der Waals surface area contributed by atoms with E-state index >= 15 is 0 Å². The number of nitrogens with one attached hydrogen (secondary N) is 2. The van der Waals surface area contributed by atoms with Gasteiger partial charge in [0.15, 0.2) is 0 Å². The zero-order valence-electron chi connectivity index (χ0n) is 15.6. The molecule has 5 atom stereocenters. The molecule has 1 heterocycles. The van der Waals surface area contributed by atoms with Gasteiger partial charge in [0, 0.05) is 17.9 Å². The van der Waals surface area contributed by atoms with Gasteiger partial charge in [-0.3, -0.25) is 4.79 Å². The third-order valence-electron chi connectivity index (χ3n) is 9.10. The Morgan fingerprint density at radius 3 is 2.62 bits per heavy atom. The molecule has 2 bridgehead atoms. The van der Waals surface area contributed by atoms with Crippen molar-refractivity contribution < 1.29 is 4.79 Å². The molecule has 5 aliphatic rings. The molecule has 5 unspecified atom stereocenters. The van der Waals surface area contributed by atoms with Crippen LogP contribution in [0.4, 0.5) is 0 Å². The molecule has 1 aromatic carbocycles. The summed E-state index contributed by atoms with van der Waals surface area (Å²) in [6.07, 6.45) is 9.66. The molecule has 1 aliphatic heterocycles. The Kier molecular flexibility index (Phi) is 3.09. The van der Waals surface area contributed by atoms with E-state index in [1.54, 1.807) is 5.56 Å². The molecule has 1 amide bonds. The van der Waals surface area contributed by atoms with Crippen molar-refractivity contribution >= 4 is 5.91 Å². The Morgan fingerprint density at radius 2 is 1.85 bits per heavy atom. The largest absolute Gasteiger partial charge is 0.353 e. The van der Waals surface area contributed by atoms with Gasteiger partial charge in [0.1, 0.15) is 0 Å². The molecule has 0 radical (unpaired) electrons. The molecule has 1 spiro atoms. The van der Waals surface area contributed by atoms with E-state index in [0.717, 1.165) is 44.2 Å². The minimum Gasteiger partial charge on any atom is -0.353 e. The molecular weight excluding hydrogens is 320 g/mol. The quantitative estimate of drug-likeness (QED) is 0.874. The third-order valence-corrected chi connectivity index (χ3v) is 9.10. The van der Waals surface area contributed by atoms with Gasteiger partial charge in [0.05, 0.1) is 0 Å². The highest BCUT2D eigenvalue weighted by molar-refractivity contribution is 5.77. The lowest BCUT2D eigenvalue weighted by Crippen LogP contribution is -2.69. The van der Waals surface area contributed by atoms with E-state index < -0.39 is 0 Å². The van der Waals surface area contributed by atoms with E-state index in [4.69, 9.17) is 0 Å². The van der Waals surface area contributed by atoms with Crippen molar-refractivity contribution in [3.63, 3.8) is 0 Å². The molecule has 0 aromatic heterocycles. The molecule has 138 valence electrons. The SMILES string of the molecule is O=C(CC12CC3CC4CC(c5ccccc5)(C1)C34C2)NC1CCNCC1. The summed E-state index contributed by atoms with van der Waals surface area (Å²) in [7, 11) is 0. The van der Waals surface area contributed by atoms with Gasteiger partial charge in [-0.1, -0.05) is 30.3 Å². The molecule has 6 rings (SSSR count). The van der Waals surface area contributed by atoms with Crippen molar-refractivity contribution in [1.82, 2.24) is 10.6 Å². The van der Waals surface area contributed by atoms with Crippen LogP contribution in [0.2, 0.25) is 0 Å². The fourth-order valence-electron chi connectivity index (χ4n) is 8.44. The smallest absolute Gasteiger partial charge is 0.220 e. The monoisotopic (exact) mass is 350 g/mol. The van der Waals surface area contributed by atoms with Crippen LogP contribution in [0.5, 0.6) is 0 Å². The number of benzene rings is 1. The lowest BCUT2D eigenvalue weighted by Gasteiger charge is -2.73. The number of hydrogen-bond donors (Lipinski definition) is 2. The van der Waals surface area contributed by atoms with Crippen LogP contribution >= 0.6 is 0 Å². The molecule has 26 heavy (non-hydrogen) atoms. The van der Waals surface area contributed by atoms with Gasteiger partial charge in [-0.05, 0) is 86.3 Å². The van der Waals surface area contributed by atoms with Gasteiger partial charge in [-0.15, -0.1) is 0 Å². The number of rotatable bonds is 4. The van der Waals surface area contributed by atoms with Gasteiger partial charge < -0.3 is 10.6 Å². The summed E-state index contributed by atoms with van der Waals surface area (Å²) in [4.78, 5) is 12.9. The summed E-state index contributed by atoms with van der Waals surface area (Å²) in [6.45, 7) is 2.08. The Morgan fingerprint density at radius 1 is 1.08 bits per heavy atom. The van der Waals surface area contributed by atoms with Gasteiger partial charge in [0.2, 0.25) is 5.91 Å². The zero-order valence-corrected chi connectivity index (χ0v) is 15.6. The van der Waals surface area contributed by atoms with Crippen molar-refractivity contribution in [3.05, 3.63) is 35.9 Å². The lowest BCUT2D eigenvalue weighted by atomic mass is 9.30. The Bertz CT molecular complexity index is 742. The maximum Gasteiger partial charge on any atom is 0.220 e. The molecule has 4 aliphatic carbocycles. The van der Waals surface area contributed by atoms with Crippen molar-refractivity contribution in [3.8, 4) is 0 Å². The first-order valence-electron chi connectivity index (χ1n) is 10.7. The van der Waals surface area contributed by atoms with E-state index in [-0.39, 0.29) is 5.41 Å². The predicted octanol–water partition coefficient (Wildman–Crippen LogP) is 3.39. The normalized spacial score (nSPS) is 45.5. The van der Waals surface area contributed by atoms with E-state index in [1.165, 1.54) is 32.1 Å². The topological polar surface area (TPSA) is 41.1 Å². The predicted molar refractivity (Wildman–Crippen MR) is 102 cm³/mol. The fourth-order valence-corrected chi connectivity index (χ4v) is 8.44. The fraction of sp³-hybridized carbons (Fsp3) is 0.696. The molecule has 4 saturated carbocycles. The Balaban J connectivity index is 1.25. The van der Waals surface area contributed by atoms with Crippen molar-refractivity contribution in [1.29, 1.82) is 0 Å². The highest BCUT2D eigenvalue weighted by atomic mass is 16.1. The van der Waals surface area contributed by atoms with Crippen LogP contribution in [0.1, 0.15) is 56.9 Å². The second kappa shape index (κ2) is 5.13. The minimum absolute atomic E-state index is 0.281. The standard InChI is InChI=1S/C23H30N2O/c26-20(25-19-6-8-24-9-7-19)13-21-11-17-10-18-12-22(14-21,23(17,18)15-21)16-4-2-1-3-5-16/h1-5,17-19,24H,6-15H2,(H,25,26). The Hall–Kier alpha value is -1.35. The van der Waals surface area contributed by atoms with Gasteiger partial charge >= 0.3 is 0 Å². The molecule has 1 aromatic rings. The maximum absolute atomic E-state index is 12.9. The number of amides is 1. The summed E-state index contributed by atoms with van der Waals surface area (Å²) in [5, 5.41) is 6.76. The molecule has 2 N–H and O–H groups in total. The average molecular weight is 351 g/mol. The number of hydrogen-bond acceptors (Lipinski definition) is 2. The molecule has 3 nitrogen and oxygen atoms in total. The second-order valence-corrected chi connectivity index (χ2v) is 10.1. The van der Waals surface area contributed by atoms with Crippen LogP contribution in [0, 0.1) is 22.7 Å². The van der Waals surface area contributed by atoms with E-state index in [0.29, 0.717) is 22.8 Å². The van der Waals surface area contributed by atoms with E-state index in [9.17, 15) is 4.79 Å². The summed E-state index contributed by atoms with van der Waals surface area (Å²) in [5.41, 5.74) is 2.81. The maximum atomic E-state index is 12.9. The molecule has 3 heteroatoms. The number of carbonyl (C=O) groups is 1. The van der Waals surface area contributed by atoms with Crippen LogP contribution in [0.3, 0.4) is 0 Å². The summed E-state index contributed by atoms with van der Waals surface area (Å²) in [5.74, 6) is 2.17. The van der Waals surface area contributed by atoms with Crippen LogP contribution in [-0.4, -0.2) is 25.0 Å². The molecular formula is C23H30N2O. The highest BCUT2D eigenvalue weighted by Gasteiger charge is 2.83. The summed E-state index contributed by atoms with van der Waals surface area (Å²) in [6, 6.07) is 11.7. The van der Waals surface area contributed by atoms with Crippen molar-refractivity contribution in [2.75, 3.05) is 13.1 Å². The van der Waals surface area contributed by atoms with Gasteiger partial charge in [0.25, 0.3) is 0 Å². The van der Waals surface area contributed by atoms with Crippen molar-refractivity contribution in [2.45, 2.75) is 62.8 Å². The molecule has 1 saturated heterocycles. The summed E-state index contributed by atoms with van der Waals surface area (Å²) < 4.78 is 0. The van der Waals surface area contributed by atoms with Gasteiger partial charge in [-0.25, -0.2) is 0 Å². The lowest BCUT2D eigenvalue weighted by molar-refractivity contribution is -0.201. The highest BCUT2D eigenvalue weighted by Crippen LogP contribution is 2.89.